The van der Waals surface area contributed by atoms with Crippen LogP contribution >= 0.6 is 0 Å². The molecule has 0 radical (unpaired) electrons. The van der Waals surface area contributed by atoms with Crippen LogP contribution in [-0.4, -0.2) is 73.8 Å². The monoisotopic (exact) mass is 562 g/mol. The van der Waals surface area contributed by atoms with E-state index in [1.807, 2.05) is 31.7 Å². The highest BCUT2D eigenvalue weighted by Crippen LogP contribution is 2.42. The minimum absolute atomic E-state index is 0.0266. The van der Waals surface area contributed by atoms with Crippen molar-refractivity contribution in [1.82, 2.24) is 19.8 Å². The molecule has 2 unspecified atom stereocenters. The van der Waals surface area contributed by atoms with Crippen LogP contribution in [0.5, 0.6) is 5.75 Å². The highest BCUT2D eigenvalue weighted by atomic mass is 19.1. The van der Waals surface area contributed by atoms with Crippen molar-refractivity contribution in [2.75, 3.05) is 24.5 Å². The zero-order valence-corrected chi connectivity index (χ0v) is 23.3. The number of fused-ring (bicyclic) bond motifs is 1. The van der Waals surface area contributed by atoms with Gasteiger partial charge in [-0.1, -0.05) is 26.5 Å². The van der Waals surface area contributed by atoms with E-state index >= 15 is 4.39 Å². The number of amides is 1. The molecule has 11 heteroatoms. The summed E-state index contributed by atoms with van der Waals surface area (Å²) in [5.41, 5.74) is 1.48. The lowest BCUT2D eigenvalue weighted by molar-refractivity contribution is -0.128. The summed E-state index contributed by atoms with van der Waals surface area (Å²) in [6.07, 6.45) is 1.46. The second kappa shape index (κ2) is 10.9. The van der Waals surface area contributed by atoms with Gasteiger partial charge in [-0.3, -0.25) is 14.7 Å². The number of hydrogen-bond acceptors (Lipinski definition) is 8. The third-order valence-corrected chi connectivity index (χ3v) is 7.51. The molecule has 5 rings (SSSR count). The van der Waals surface area contributed by atoms with Crippen molar-refractivity contribution in [1.29, 1.82) is 0 Å². The number of amidine groups is 1. The molecule has 1 amide bonds. The Labute approximate surface area is 237 Å². The number of piperazine rings is 1. The number of aliphatic hydroxyl groups excluding tert-OH is 1. The minimum Gasteiger partial charge on any atom is -0.507 e. The number of halogens is 2. The molecule has 2 aliphatic rings. The molecule has 1 aromatic carbocycles. The molecule has 0 aliphatic carbocycles. The summed E-state index contributed by atoms with van der Waals surface area (Å²) in [5, 5.41) is 22.0. The summed E-state index contributed by atoms with van der Waals surface area (Å²) in [4.78, 5) is 30.9. The number of aromatic nitrogens is 2. The molecule has 1 saturated heterocycles. The minimum atomic E-state index is -1.47. The van der Waals surface area contributed by atoms with Gasteiger partial charge >= 0.3 is 0 Å². The number of phenolic OH excluding ortho intramolecular Hbond substituents is 1. The maximum absolute atomic E-state index is 15.8. The zero-order valence-electron chi connectivity index (χ0n) is 23.3. The second-order valence-electron chi connectivity index (χ2n) is 10.5. The number of rotatable bonds is 4. The van der Waals surface area contributed by atoms with E-state index in [1.165, 1.54) is 29.2 Å². The van der Waals surface area contributed by atoms with E-state index in [4.69, 9.17) is 0 Å². The molecule has 41 heavy (non-hydrogen) atoms. The van der Waals surface area contributed by atoms with Gasteiger partial charge in [0, 0.05) is 31.9 Å². The molecule has 0 saturated carbocycles. The number of hydrogen-bond donors (Lipinski definition) is 2. The maximum Gasteiger partial charge on any atom is 0.246 e. The van der Waals surface area contributed by atoms with Crippen LogP contribution in [0.4, 0.5) is 20.3 Å². The van der Waals surface area contributed by atoms with Crippen LogP contribution in [0.3, 0.4) is 0 Å². The number of pyridine rings is 2. The van der Waals surface area contributed by atoms with Gasteiger partial charge in [-0.25, -0.2) is 18.8 Å². The molecule has 2 atom stereocenters. The summed E-state index contributed by atoms with van der Waals surface area (Å²) in [6, 6.07) is 6.49. The number of anilines is 2. The fourth-order valence-corrected chi connectivity index (χ4v) is 5.51. The lowest BCUT2D eigenvalue weighted by Gasteiger charge is -2.44. The van der Waals surface area contributed by atoms with E-state index in [2.05, 4.69) is 21.5 Å². The Balaban J connectivity index is 1.72. The molecular formula is C30H32F2N6O3. The Morgan fingerprint density at radius 1 is 1.20 bits per heavy atom. The first-order valence-electron chi connectivity index (χ1n) is 13.4. The number of carbonyl (C=O) groups is 1. The van der Waals surface area contributed by atoms with Crippen LogP contribution in [-0.2, 0) is 4.79 Å². The number of benzene rings is 1. The van der Waals surface area contributed by atoms with Crippen LogP contribution in [0.1, 0.15) is 43.5 Å². The predicted molar refractivity (Wildman–Crippen MR) is 152 cm³/mol. The molecule has 0 bridgehead atoms. The van der Waals surface area contributed by atoms with Crippen molar-refractivity contribution in [3.63, 3.8) is 0 Å². The Morgan fingerprint density at radius 3 is 2.61 bits per heavy atom. The van der Waals surface area contributed by atoms with E-state index in [1.54, 1.807) is 18.0 Å². The third kappa shape index (κ3) is 4.90. The highest BCUT2D eigenvalue weighted by molar-refractivity contribution is 6.06. The van der Waals surface area contributed by atoms with Gasteiger partial charge in [-0.15, -0.1) is 0 Å². The van der Waals surface area contributed by atoms with Crippen LogP contribution in [0.25, 0.3) is 11.3 Å². The average molecular weight is 563 g/mol. The van der Waals surface area contributed by atoms with Crippen molar-refractivity contribution in [3.05, 3.63) is 77.6 Å². The van der Waals surface area contributed by atoms with Crippen LogP contribution in [0.15, 0.2) is 54.2 Å². The van der Waals surface area contributed by atoms with Gasteiger partial charge in [0.15, 0.2) is 5.82 Å². The molecule has 214 valence electrons. The number of aliphatic imine (C=N–C) groups is 1. The molecule has 1 fully saturated rings. The SMILES string of the molecule is C=CC(=O)N1CCN(C2=NC(O)N(c3c(C(C)C)ccnc3C)c3nc(-c4c(O)cccc4F)c(F)cc32)C(C)C1. The van der Waals surface area contributed by atoms with E-state index in [0.717, 1.165) is 11.6 Å². The average Bonchev–Trinajstić information content (AvgIpc) is 2.93. The molecule has 9 nitrogen and oxygen atoms in total. The van der Waals surface area contributed by atoms with Crippen molar-refractivity contribution in [2.45, 2.75) is 46.0 Å². The van der Waals surface area contributed by atoms with Gasteiger partial charge in [0.25, 0.3) is 0 Å². The van der Waals surface area contributed by atoms with E-state index in [0.29, 0.717) is 36.9 Å². The highest BCUT2D eigenvalue weighted by Gasteiger charge is 2.38. The van der Waals surface area contributed by atoms with Crippen molar-refractivity contribution < 1.29 is 23.8 Å². The molecule has 0 spiro atoms. The first-order valence-corrected chi connectivity index (χ1v) is 13.4. The quantitative estimate of drug-likeness (QED) is 0.453. The van der Waals surface area contributed by atoms with Crippen molar-refractivity contribution in [3.8, 4) is 17.0 Å². The summed E-state index contributed by atoms with van der Waals surface area (Å²) >= 11 is 0. The van der Waals surface area contributed by atoms with E-state index in [-0.39, 0.29) is 34.8 Å². The van der Waals surface area contributed by atoms with Crippen molar-refractivity contribution in [2.24, 2.45) is 4.99 Å². The first-order chi connectivity index (χ1) is 19.5. The smallest absolute Gasteiger partial charge is 0.246 e. The number of carbonyl (C=O) groups excluding carboxylic acids is 1. The Hall–Kier alpha value is -4.38. The fourth-order valence-electron chi connectivity index (χ4n) is 5.51. The summed E-state index contributed by atoms with van der Waals surface area (Å²) in [7, 11) is 0. The first kappa shape index (κ1) is 28.2. The third-order valence-electron chi connectivity index (χ3n) is 7.51. The fraction of sp³-hybridized carbons (Fsp3) is 0.333. The van der Waals surface area contributed by atoms with E-state index in [9.17, 15) is 19.4 Å². The van der Waals surface area contributed by atoms with Crippen LogP contribution in [0, 0.1) is 18.6 Å². The Bertz CT molecular complexity index is 1540. The standard InChI is InChI=1S/C30H32F2N6O3/c1-6-24(40)36-12-13-37(17(4)15-36)28-20-14-22(32)26(25-21(31)8-7-9-23(25)39)34-29(20)38(30(41)35-28)27-18(5)33-11-10-19(27)16(2)3/h6-11,14,16-17,30,39,41H,1,12-13,15H2,2-5H3. The molecule has 2 aliphatic heterocycles. The second-order valence-corrected chi connectivity index (χ2v) is 10.5. The van der Waals surface area contributed by atoms with Crippen LogP contribution in [0.2, 0.25) is 0 Å². The normalized spacial score (nSPS) is 18.8. The molecular weight excluding hydrogens is 530 g/mol. The lowest BCUT2D eigenvalue weighted by atomic mass is 9.99. The van der Waals surface area contributed by atoms with Crippen LogP contribution < -0.4 is 4.90 Å². The number of aliphatic hydroxyl groups is 1. The summed E-state index contributed by atoms with van der Waals surface area (Å²) in [6.45, 7) is 12.4. The van der Waals surface area contributed by atoms with Gasteiger partial charge in [-0.2, -0.15) is 0 Å². The van der Waals surface area contributed by atoms with Gasteiger partial charge in [0.1, 0.15) is 28.9 Å². The predicted octanol–water partition coefficient (Wildman–Crippen LogP) is 4.45. The maximum atomic E-state index is 15.8. The van der Waals surface area contributed by atoms with Gasteiger partial charge in [-0.05, 0) is 55.7 Å². The molecule has 2 aromatic heterocycles. The Morgan fingerprint density at radius 2 is 1.95 bits per heavy atom. The topological polar surface area (TPSA) is 105 Å². The largest absolute Gasteiger partial charge is 0.507 e. The molecule has 2 N–H and O–H groups in total. The van der Waals surface area contributed by atoms with Gasteiger partial charge in [0.05, 0.1) is 22.5 Å². The Kier molecular flexibility index (Phi) is 7.48. The lowest BCUT2D eigenvalue weighted by Crippen LogP contribution is -2.56. The van der Waals surface area contributed by atoms with Crippen molar-refractivity contribution >= 4 is 23.2 Å². The number of aryl methyl sites for hydroxylation is 1. The van der Waals surface area contributed by atoms with Gasteiger partial charge in [0.2, 0.25) is 12.3 Å². The molecule has 4 heterocycles. The van der Waals surface area contributed by atoms with Gasteiger partial charge < -0.3 is 20.0 Å². The number of phenols is 1. The summed E-state index contributed by atoms with van der Waals surface area (Å²) < 4.78 is 30.7. The number of nitrogens with zero attached hydrogens (tertiary/aromatic N) is 6. The zero-order chi connectivity index (χ0) is 29.6. The molecule has 3 aromatic rings. The number of aromatic hydroxyl groups is 1. The van der Waals surface area contributed by atoms with E-state index < -0.39 is 29.4 Å². The summed E-state index contributed by atoms with van der Waals surface area (Å²) in [5.74, 6) is -1.91.